The van der Waals surface area contributed by atoms with Gasteiger partial charge in [0, 0.05) is 36.9 Å². The Bertz CT molecular complexity index is 1390. The number of anilines is 2. The molecular weight excluding hydrogens is 570 g/mol. The van der Waals surface area contributed by atoms with E-state index in [0.717, 1.165) is 5.56 Å². The normalized spacial score (nSPS) is 17.8. The maximum absolute atomic E-state index is 13.7. The molecule has 3 atom stereocenters. The number of aliphatic hydroxyl groups is 1. The number of benzene rings is 3. The summed E-state index contributed by atoms with van der Waals surface area (Å²) in [4.78, 5) is 30.0. The molecule has 0 fully saturated rings. The Labute approximate surface area is 249 Å². The molecule has 0 saturated heterocycles. The molecule has 4 rings (SSSR count). The Kier molecular flexibility index (Phi) is 10.1. The number of urea groups is 1. The van der Waals surface area contributed by atoms with Crippen molar-refractivity contribution in [2.75, 3.05) is 37.4 Å². The molecule has 1 aliphatic heterocycles. The quantitative estimate of drug-likeness (QED) is 0.288. The van der Waals surface area contributed by atoms with E-state index in [2.05, 4.69) is 15.5 Å². The number of nitrogens with zero attached hydrogens (tertiary/aromatic N) is 2. The van der Waals surface area contributed by atoms with E-state index in [-0.39, 0.29) is 30.1 Å². The van der Waals surface area contributed by atoms with Crippen LogP contribution in [0.25, 0.3) is 0 Å². The number of amides is 3. The molecule has 0 aromatic heterocycles. The Balaban J connectivity index is 1.55. The average molecular weight is 604 g/mol. The summed E-state index contributed by atoms with van der Waals surface area (Å²) in [6.07, 6.45) is -0.288. The van der Waals surface area contributed by atoms with Gasteiger partial charge in [0.2, 0.25) is 0 Å². The first-order valence-electron chi connectivity index (χ1n) is 13.2. The van der Waals surface area contributed by atoms with Gasteiger partial charge >= 0.3 is 6.03 Å². The molecule has 11 heteroatoms. The van der Waals surface area contributed by atoms with E-state index in [1.807, 2.05) is 26.1 Å². The van der Waals surface area contributed by atoms with E-state index in [1.165, 1.54) is 24.3 Å². The van der Waals surface area contributed by atoms with Crippen LogP contribution >= 0.6 is 23.2 Å². The molecule has 3 N–H and O–H groups in total. The fourth-order valence-corrected chi connectivity index (χ4v) is 4.99. The lowest BCUT2D eigenvalue weighted by atomic mass is 9.99. The van der Waals surface area contributed by atoms with Gasteiger partial charge < -0.3 is 25.4 Å². The molecule has 0 unspecified atom stereocenters. The third kappa shape index (κ3) is 7.89. The summed E-state index contributed by atoms with van der Waals surface area (Å²) in [7, 11) is 1.98. The molecule has 41 heavy (non-hydrogen) atoms. The minimum atomic E-state index is -0.549. The second kappa shape index (κ2) is 13.5. The van der Waals surface area contributed by atoms with Crippen molar-refractivity contribution in [2.24, 2.45) is 5.92 Å². The summed E-state index contributed by atoms with van der Waals surface area (Å²) in [5, 5.41) is 16.2. The minimum absolute atomic E-state index is 0.0587. The van der Waals surface area contributed by atoms with E-state index in [9.17, 15) is 19.1 Å². The van der Waals surface area contributed by atoms with Crippen LogP contribution in [-0.2, 0) is 6.54 Å². The summed E-state index contributed by atoms with van der Waals surface area (Å²) in [6.45, 7) is 5.14. The van der Waals surface area contributed by atoms with Gasteiger partial charge in [0.05, 0.1) is 28.3 Å². The molecule has 0 radical (unpaired) electrons. The number of hydrogen-bond acceptors (Lipinski definition) is 5. The van der Waals surface area contributed by atoms with Crippen LogP contribution in [0.1, 0.15) is 29.8 Å². The first-order valence-corrected chi connectivity index (χ1v) is 14.0. The number of nitrogens with one attached hydrogen (secondary N) is 2. The molecule has 0 bridgehead atoms. The number of hydrogen-bond donors (Lipinski definition) is 3. The molecule has 1 heterocycles. The van der Waals surface area contributed by atoms with Gasteiger partial charge in [-0.15, -0.1) is 0 Å². The highest BCUT2D eigenvalue weighted by Gasteiger charge is 2.33. The molecular formula is C30H33Cl2FN4O4. The van der Waals surface area contributed by atoms with E-state index in [4.69, 9.17) is 27.9 Å². The lowest BCUT2D eigenvalue weighted by Crippen LogP contribution is -2.49. The predicted molar refractivity (Wildman–Crippen MR) is 159 cm³/mol. The third-order valence-electron chi connectivity index (χ3n) is 6.95. The number of fused-ring (bicyclic) bond motifs is 1. The summed E-state index contributed by atoms with van der Waals surface area (Å²) < 4.78 is 19.6. The van der Waals surface area contributed by atoms with Crippen LogP contribution in [0.3, 0.4) is 0 Å². The van der Waals surface area contributed by atoms with Gasteiger partial charge in [0.15, 0.2) is 0 Å². The maximum atomic E-state index is 13.7. The Hall–Kier alpha value is -3.37. The van der Waals surface area contributed by atoms with Gasteiger partial charge in [-0.25, -0.2) is 9.18 Å². The predicted octanol–water partition coefficient (Wildman–Crippen LogP) is 6.13. The first kappa shape index (κ1) is 30.6. The number of aliphatic hydroxyl groups excluding tert-OH is 1. The van der Waals surface area contributed by atoms with E-state index in [0.29, 0.717) is 46.8 Å². The van der Waals surface area contributed by atoms with Crippen molar-refractivity contribution >= 4 is 46.5 Å². The fourth-order valence-electron chi connectivity index (χ4n) is 4.67. The van der Waals surface area contributed by atoms with Crippen molar-refractivity contribution in [3.8, 4) is 5.75 Å². The van der Waals surface area contributed by atoms with Gasteiger partial charge in [0.1, 0.15) is 17.7 Å². The van der Waals surface area contributed by atoms with Crippen molar-refractivity contribution in [1.29, 1.82) is 0 Å². The molecule has 8 nitrogen and oxygen atoms in total. The lowest BCUT2D eigenvalue weighted by molar-refractivity contribution is 0.0341. The van der Waals surface area contributed by atoms with Crippen LogP contribution in [0, 0.1) is 11.7 Å². The van der Waals surface area contributed by atoms with Gasteiger partial charge in [-0.1, -0.05) is 36.2 Å². The molecule has 0 spiro atoms. The highest BCUT2D eigenvalue weighted by atomic mass is 35.5. The molecule has 3 aromatic carbocycles. The fraction of sp³-hybridized carbons (Fsp3) is 0.333. The van der Waals surface area contributed by atoms with Crippen LogP contribution in [-0.4, -0.2) is 65.7 Å². The second-order valence-electron chi connectivity index (χ2n) is 10.4. The zero-order valence-electron chi connectivity index (χ0n) is 23.0. The smallest absolute Gasteiger partial charge is 0.323 e. The van der Waals surface area contributed by atoms with E-state index in [1.54, 1.807) is 36.1 Å². The van der Waals surface area contributed by atoms with Crippen molar-refractivity contribution < 1.29 is 23.8 Å². The topological polar surface area (TPSA) is 94.1 Å². The number of carbonyl (C=O) groups excluding carboxylic acids is 2. The highest BCUT2D eigenvalue weighted by Crippen LogP contribution is 2.31. The zero-order valence-corrected chi connectivity index (χ0v) is 24.5. The summed E-state index contributed by atoms with van der Waals surface area (Å²) in [5.41, 5.74) is 2.06. The number of likely N-dealkylation sites (N-methyl/N-ethyl adjacent to an activating group) is 1. The van der Waals surface area contributed by atoms with Crippen molar-refractivity contribution in [1.82, 2.24) is 9.80 Å². The zero-order chi connectivity index (χ0) is 29.7. The van der Waals surface area contributed by atoms with Crippen LogP contribution in [0.15, 0.2) is 60.7 Å². The molecule has 218 valence electrons. The molecule has 1 aliphatic rings. The summed E-state index contributed by atoms with van der Waals surface area (Å²) in [5.74, 6) is -0.393. The number of rotatable bonds is 8. The molecule has 0 aliphatic carbocycles. The van der Waals surface area contributed by atoms with E-state index >= 15 is 0 Å². The van der Waals surface area contributed by atoms with Gasteiger partial charge in [-0.3, -0.25) is 9.69 Å². The largest absolute Gasteiger partial charge is 0.488 e. The lowest BCUT2D eigenvalue weighted by Gasteiger charge is -2.38. The standard InChI is InChI=1S/C30H33Cl2FN4O4/c1-18-14-37(19(2)17-38)29(39)24-13-23(35-30(40)34-22-7-5-21(33)6-8-22)9-11-27(24)41-28(18)16-36(3)15-20-4-10-25(31)26(32)12-20/h4-13,18-19,28,38H,14-17H2,1-3H3,(H2,34,35,40)/t18-,19-,28-/m0/s1. The van der Waals surface area contributed by atoms with Gasteiger partial charge in [0.25, 0.3) is 5.91 Å². The summed E-state index contributed by atoms with van der Waals surface area (Å²) in [6, 6.07) is 14.8. The first-order chi connectivity index (χ1) is 19.5. The summed E-state index contributed by atoms with van der Waals surface area (Å²) >= 11 is 12.3. The van der Waals surface area contributed by atoms with Crippen molar-refractivity contribution in [3.05, 3.63) is 87.7 Å². The van der Waals surface area contributed by atoms with Crippen molar-refractivity contribution in [3.63, 3.8) is 0 Å². The minimum Gasteiger partial charge on any atom is -0.488 e. The number of halogens is 3. The monoisotopic (exact) mass is 602 g/mol. The van der Waals surface area contributed by atoms with Crippen LogP contribution in [0.4, 0.5) is 20.6 Å². The maximum Gasteiger partial charge on any atom is 0.323 e. The number of carbonyl (C=O) groups is 2. The van der Waals surface area contributed by atoms with Crippen LogP contribution in [0.5, 0.6) is 5.75 Å². The Morgan fingerprint density at radius 2 is 1.78 bits per heavy atom. The van der Waals surface area contributed by atoms with Crippen molar-refractivity contribution in [2.45, 2.75) is 32.5 Å². The molecule has 0 saturated carbocycles. The molecule has 3 aromatic rings. The van der Waals surface area contributed by atoms with Crippen LogP contribution < -0.4 is 15.4 Å². The van der Waals surface area contributed by atoms with Crippen LogP contribution in [0.2, 0.25) is 10.0 Å². The van der Waals surface area contributed by atoms with E-state index < -0.39 is 17.9 Å². The second-order valence-corrected chi connectivity index (χ2v) is 11.2. The number of ether oxygens (including phenoxy) is 1. The van der Waals surface area contributed by atoms with Gasteiger partial charge in [-0.2, -0.15) is 0 Å². The highest BCUT2D eigenvalue weighted by molar-refractivity contribution is 6.42. The van der Waals surface area contributed by atoms with Gasteiger partial charge in [-0.05, 0) is 74.1 Å². The Morgan fingerprint density at radius 1 is 1.10 bits per heavy atom. The molecule has 3 amide bonds. The third-order valence-corrected chi connectivity index (χ3v) is 7.69. The average Bonchev–Trinajstić information content (AvgIpc) is 2.93. The SMILES string of the molecule is C[C@H]1CN([C@@H](C)CO)C(=O)c2cc(NC(=O)Nc3ccc(F)cc3)ccc2O[C@H]1CN(C)Cc1ccc(Cl)c(Cl)c1. The Morgan fingerprint density at radius 3 is 2.46 bits per heavy atom.